The summed E-state index contributed by atoms with van der Waals surface area (Å²) in [7, 11) is 2.62. The number of piperazine rings is 1. The molecule has 268 valence electrons. The molecular weight excluding hydrogens is 672 g/mol. The number of aliphatic hydroxyl groups excluding tert-OH is 1. The number of carbonyl (C=O) groups is 2. The molecule has 0 radical (unpaired) electrons. The zero-order valence-electron chi connectivity index (χ0n) is 28.7. The first-order chi connectivity index (χ1) is 23.6. The van der Waals surface area contributed by atoms with Crippen LogP contribution in [0, 0.1) is 12.8 Å². The van der Waals surface area contributed by atoms with Crippen LogP contribution in [0.25, 0.3) is 11.3 Å². The number of hydrogen-bond donors (Lipinski definition) is 4. The van der Waals surface area contributed by atoms with Gasteiger partial charge in [-0.25, -0.2) is 14.2 Å². The highest BCUT2D eigenvalue weighted by Crippen LogP contribution is 2.34. The van der Waals surface area contributed by atoms with Crippen LogP contribution in [-0.2, 0) is 11.3 Å². The van der Waals surface area contributed by atoms with Crippen molar-refractivity contribution in [2.45, 2.75) is 45.8 Å². The summed E-state index contributed by atoms with van der Waals surface area (Å²) in [6.07, 6.45) is 4.55. The molecule has 2 aromatic rings. The van der Waals surface area contributed by atoms with Crippen LogP contribution >= 0.6 is 23.2 Å². The predicted octanol–water partition coefficient (Wildman–Crippen LogP) is 4.71. The normalized spacial score (nSPS) is 19.3. The van der Waals surface area contributed by atoms with Crippen molar-refractivity contribution in [3.05, 3.63) is 68.8 Å². The zero-order valence-corrected chi connectivity index (χ0v) is 30.2. The Bertz CT molecular complexity index is 1490. The standard InChI is InChI=1S/C34H44Cl2FN7O3.CH4O/c1-22-26(21-43-8-5-24(6-9-43)19-40-34(46)38-3)17-29(25-15-27(35)18-28(36)16-25)41-33(22)47-30-20-39-32(31(37)23(30)2)44-12-10-42(11-13-44)7-4-14-45;1-2/h14-18,20,24,32,39H,4-13,19,21H2,1-3H3,(H2,38,40,46);2H,1H3. The third kappa shape index (κ3) is 10.4. The van der Waals surface area contributed by atoms with Crippen molar-refractivity contribution < 1.29 is 23.8 Å². The number of hydrogen-bond acceptors (Lipinski definition) is 9. The van der Waals surface area contributed by atoms with Crippen molar-refractivity contribution >= 4 is 35.5 Å². The second kappa shape index (κ2) is 18.7. The van der Waals surface area contributed by atoms with E-state index in [0.717, 1.165) is 75.7 Å². The van der Waals surface area contributed by atoms with Crippen LogP contribution in [0.3, 0.4) is 0 Å². The van der Waals surface area contributed by atoms with Crippen LogP contribution in [-0.4, -0.2) is 110 Å². The number of aldehydes is 1. The van der Waals surface area contributed by atoms with Gasteiger partial charge in [0.2, 0.25) is 5.88 Å². The Morgan fingerprint density at radius 3 is 2.37 bits per heavy atom. The molecule has 0 aliphatic carbocycles. The van der Waals surface area contributed by atoms with E-state index in [9.17, 15) is 9.59 Å². The second-order valence-electron chi connectivity index (χ2n) is 12.4. The number of urea groups is 1. The lowest BCUT2D eigenvalue weighted by molar-refractivity contribution is -0.108. The maximum atomic E-state index is 15.9. The van der Waals surface area contributed by atoms with Gasteiger partial charge < -0.3 is 35.5 Å². The third-order valence-corrected chi connectivity index (χ3v) is 9.69. The molecule has 1 aromatic heterocycles. The smallest absolute Gasteiger partial charge is 0.314 e. The van der Waals surface area contributed by atoms with Crippen LogP contribution in [0.5, 0.6) is 5.88 Å². The number of amides is 2. The Balaban J connectivity index is 0.00000265. The molecule has 2 amide bonds. The Morgan fingerprint density at radius 2 is 1.73 bits per heavy atom. The molecule has 4 heterocycles. The SMILES string of the molecule is CNC(=O)NCC1CCN(Cc2cc(-c3cc(Cl)cc(Cl)c3)nc(OC3=CNC(N4CCN(CCC=O)CC4)C(F)=C3C)c2C)CC1.CO. The average molecular weight is 721 g/mol. The predicted molar refractivity (Wildman–Crippen MR) is 191 cm³/mol. The number of dihydropyridines is 1. The minimum absolute atomic E-state index is 0.157. The Labute approximate surface area is 298 Å². The van der Waals surface area contributed by atoms with Gasteiger partial charge in [0, 0.05) is 99.3 Å². The van der Waals surface area contributed by atoms with Gasteiger partial charge in [-0.2, -0.15) is 0 Å². The van der Waals surface area contributed by atoms with Crippen LogP contribution in [0.1, 0.15) is 37.3 Å². The molecule has 3 aliphatic heterocycles. The fourth-order valence-electron chi connectivity index (χ4n) is 6.28. The van der Waals surface area contributed by atoms with Gasteiger partial charge in [-0.15, -0.1) is 0 Å². The molecule has 14 heteroatoms. The Morgan fingerprint density at radius 1 is 1.06 bits per heavy atom. The molecule has 0 saturated carbocycles. The summed E-state index contributed by atoms with van der Waals surface area (Å²) in [5, 5.41) is 16.7. The number of benzene rings is 1. The lowest BCUT2D eigenvalue weighted by atomic mass is 9.96. The van der Waals surface area contributed by atoms with E-state index in [1.165, 1.54) is 0 Å². The number of pyridine rings is 1. The largest absolute Gasteiger partial charge is 0.437 e. The van der Waals surface area contributed by atoms with Gasteiger partial charge in [-0.1, -0.05) is 23.2 Å². The van der Waals surface area contributed by atoms with Crippen molar-refractivity contribution in [3.63, 3.8) is 0 Å². The zero-order chi connectivity index (χ0) is 35.5. The van der Waals surface area contributed by atoms with Gasteiger partial charge in [0.15, 0.2) is 5.76 Å². The number of rotatable bonds is 11. The highest BCUT2D eigenvalue weighted by molar-refractivity contribution is 6.35. The number of carbonyl (C=O) groups excluding carboxylic acids is 2. The number of nitrogens with one attached hydrogen (secondary N) is 3. The van der Waals surface area contributed by atoms with E-state index in [-0.39, 0.29) is 11.9 Å². The molecule has 49 heavy (non-hydrogen) atoms. The van der Waals surface area contributed by atoms with Crippen molar-refractivity contribution in [2.24, 2.45) is 5.92 Å². The number of likely N-dealkylation sites (tertiary alicyclic amines) is 1. The Kier molecular flexibility index (Phi) is 14.7. The molecule has 5 rings (SSSR count). The average Bonchev–Trinajstić information content (AvgIpc) is 3.11. The molecule has 1 aromatic carbocycles. The maximum absolute atomic E-state index is 15.9. The van der Waals surface area contributed by atoms with Gasteiger partial charge >= 0.3 is 6.03 Å². The molecule has 11 nitrogen and oxygen atoms in total. The molecule has 1 unspecified atom stereocenters. The lowest BCUT2D eigenvalue weighted by Gasteiger charge is -2.40. The van der Waals surface area contributed by atoms with E-state index in [4.69, 9.17) is 38.0 Å². The summed E-state index contributed by atoms with van der Waals surface area (Å²) in [6.45, 7) is 10.5. The van der Waals surface area contributed by atoms with Gasteiger partial charge in [0.25, 0.3) is 0 Å². The van der Waals surface area contributed by atoms with E-state index in [2.05, 4.69) is 30.7 Å². The molecule has 3 aliphatic rings. The summed E-state index contributed by atoms with van der Waals surface area (Å²) in [5.74, 6) is 0.903. The summed E-state index contributed by atoms with van der Waals surface area (Å²) in [5.41, 5.74) is 3.75. The van der Waals surface area contributed by atoms with Crippen molar-refractivity contribution in [2.75, 3.05) is 66.5 Å². The summed E-state index contributed by atoms with van der Waals surface area (Å²) < 4.78 is 22.3. The quantitative estimate of drug-likeness (QED) is 0.245. The minimum Gasteiger partial charge on any atom is -0.437 e. The number of piperidine rings is 1. The summed E-state index contributed by atoms with van der Waals surface area (Å²) in [4.78, 5) is 33.9. The minimum atomic E-state index is -0.574. The number of aliphatic hydroxyl groups is 1. The molecule has 0 bridgehead atoms. The van der Waals surface area contributed by atoms with Crippen molar-refractivity contribution in [1.29, 1.82) is 0 Å². The number of aromatic nitrogens is 1. The van der Waals surface area contributed by atoms with Crippen LogP contribution in [0.4, 0.5) is 9.18 Å². The van der Waals surface area contributed by atoms with Crippen molar-refractivity contribution in [1.82, 2.24) is 35.6 Å². The summed E-state index contributed by atoms with van der Waals surface area (Å²) in [6, 6.07) is 7.21. The van der Waals surface area contributed by atoms with Gasteiger partial charge in [0.1, 0.15) is 18.3 Å². The fraction of sp³-hybridized carbons (Fsp3) is 0.514. The molecule has 2 fully saturated rings. The van der Waals surface area contributed by atoms with Gasteiger partial charge in [-0.05, 0) is 75.5 Å². The van der Waals surface area contributed by atoms with Crippen LogP contribution in [0.15, 0.2) is 47.6 Å². The first kappa shape index (κ1) is 38.5. The van der Waals surface area contributed by atoms with E-state index in [1.54, 1.807) is 26.2 Å². The van der Waals surface area contributed by atoms with Gasteiger partial charge in [0.05, 0.1) is 5.69 Å². The number of allylic oxidation sites excluding steroid dienone is 1. The topological polar surface area (TPSA) is 122 Å². The summed E-state index contributed by atoms with van der Waals surface area (Å²) >= 11 is 12.7. The molecule has 0 spiro atoms. The van der Waals surface area contributed by atoms with E-state index < -0.39 is 6.17 Å². The number of ether oxygens (including phenoxy) is 1. The lowest BCUT2D eigenvalue weighted by Crippen LogP contribution is -2.55. The first-order valence-corrected chi connectivity index (χ1v) is 17.4. The third-order valence-electron chi connectivity index (χ3n) is 9.26. The Hall–Kier alpha value is -3.26. The maximum Gasteiger partial charge on any atom is 0.314 e. The van der Waals surface area contributed by atoms with E-state index in [1.807, 2.05) is 25.1 Å². The molecule has 1 atom stereocenters. The van der Waals surface area contributed by atoms with E-state index in [0.29, 0.717) is 71.5 Å². The van der Waals surface area contributed by atoms with Gasteiger partial charge in [-0.3, -0.25) is 9.80 Å². The first-order valence-electron chi connectivity index (χ1n) is 16.7. The monoisotopic (exact) mass is 719 g/mol. The fourth-order valence-corrected chi connectivity index (χ4v) is 6.81. The van der Waals surface area contributed by atoms with E-state index >= 15 is 4.39 Å². The number of halogens is 3. The highest BCUT2D eigenvalue weighted by atomic mass is 35.5. The van der Waals surface area contributed by atoms with Crippen LogP contribution in [0.2, 0.25) is 10.0 Å². The molecular formula is C35H48Cl2FN7O4. The van der Waals surface area contributed by atoms with Crippen molar-refractivity contribution in [3.8, 4) is 17.1 Å². The van der Waals surface area contributed by atoms with Crippen LogP contribution < -0.4 is 20.7 Å². The highest BCUT2D eigenvalue weighted by Gasteiger charge is 2.31. The number of nitrogens with zero attached hydrogens (tertiary/aromatic N) is 4. The molecule has 4 N–H and O–H groups in total. The molecule has 2 saturated heterocycles. The second-order valence-corrected chi connectivity index (χ2v) is 13.3.